The maximum absolute atomic E-state index is 5.30. The van der Waals surface area contributed by atoms with Gasteiger partial charge in [-0.15, -0.1) is 12.3 Å². The molecule has 0 aliphatic carbocycles. The summed E-state index contributed by atoms with van der Waals surface area (Å²) in [6.45, 7) is 5.26. The van der Waals surface area contributed by atoms with Crippen LogP contribution in [-0.2, 0) is 13.5 Å². The van der Waals surface area contributed by atoms with Gasteiger partial charge in [0.05, 0.1) is 5.69 Å². The summed E-state index contributed by atoms with van der Waals surface area (Å²) >= 11 is 0. The summed E-state index contributed by atoms with van der Waals surface area (Å²) < 4.78 is 1.90. The van der Waals surface area contributed by atoms with Gasteiger partial charge in [-0.3, -0.25) is 4.68 Å². The van der Waals surface area contributed by atoms with E-state index in [9.17, 15) is 0 Å². The van der Waals surface area contributed by atoms with Crippen molar-refractivity contribution >= 4 is 0 Å². The van der Waals surface area contributed by atoms with Crippen molar-refractivity contribution < 1.29 is 0 Å². The first-order valence-corrected chi connectivity index (χ1v) is 6.42. The smallest absolute Gasteiger partial charge is 0.0669 e. The second-order valence-corrected chi connectivity index (χ2v) is 4.26. The molecule has 0 amide bonds. The molecule has 0 aliphatic rings. The van der Waals surface area contributed by atoms with Crippen molar-refractivity contribution in [2.75, 3.05) is 6.54 Å². The van der Waals surface area contributed by atoms with E-state index in [1.165, 1.54) is 11.3 Å². The fourth-order valence-electron chi connectivity index (χ4n) is 2.14. The first kappa shape index (κ1) is 13.8. The molecule has 0 saturated heterocycles. The second-order valence-electron chi connectivity index (χ2n) is 4.26. The number of terminal acetylenes is 1. The molecule has 3 nitrogen and oxygen atoms in total. The molecule has 0 aliphatic heterocycles. The molecule has 1 unspecified atom stereocenters. The topological polar surface area (TPSA) is 29.9 Å². The molecule has 3 heteroatoms. The number of hydrogen-bond donors (Lipinski definition) is 1. The molecule has 0 aromatic carbocycles. The first-order chi connectivity index (χ1) is 8.22. The molecule has 1 atom stereocenters. The summed E-state index contributed by atoms with van der Waals surface area (Å²) in [5.74, 6) is 2.70. The molecule has 1 aromatic rings. The number of nitrogens with zero attached hydrogens (tertiary/aromatic N) is 2. The van der Waals surface area contributed by atoms with Gasteiger partial charge < -0.3 is 5.32 Å². The Bertz CT molecular complexity index is 373. The van der Waals surface area contributed by atoms with Gasteiger partial charge >= 0.3 is 0 Å². The predicted molar refractivity (Wildman–Crippen MR) is 71.7 cm³/mol. The van der Waals surface area contributed by atoms with Crippen LogP contribution in [0.5, 0.6) is 0 Å². The van der Waals surface area contributed by atoms with Gasteiger partial charge in [0.25, 0.3) is 0 Å². The molecule has 0 bridgehead atoms. The Morgan fingerprint density at radius 2 is 2.29 bits per heavy atom. The summed E-state index contributed by atoms with van der Waals surface area (Å²) in [7, 11) is 1.98. The van der Waals surface area contributed by atoms with E-state index in [0.29, 0.717) is 6.04 Å². The van der Waals surface area contributed by atoms with Gasteiger partial charge in [0.15, 0.2) is 0 Å². The molecule has 1 N–H and O–H groups in total. The van der Waals surface area contributed by atoms with E-state index in [2.05, 4.69) is 36.4 Å². The van der Waals surface area contributed by atoms with E-state index in [0.717, 1.165) is 32.2 Å². The molecule has 0 spiro atoms. The Labute approximate surface area is 105 Å². The molecule has 0 radical (unpaired) electrons. The zero-order valence-corrected chi connectivity index (χ0v) is 11.2. The third-order valence-electron chi connectivity index (χ3n) is 2.91. The average Bonchev–Trinajstić information content (AvgIpc) is 2.69. The van der Waals surface area contributed by atoms with Crippen molar-refractivity contribution in [3.8, 4) is 12.3 Å². The van der Waals surface area contributed by atoms with Crippen LogP contribution in [0.1, 0.15) is 50.4 Å². The van der Waals surface area contributed by atoms with Crippen LogP contribution in [0.4, 0.5) is 0 Å². The number of hydrogen-bond acceptors (Lipinski definition) is 2. The number of rotatable bonds is 7. The average molecular weight is 233 g/mol. The highest BCUT2D eigenvalue weighted by molar-refractivity contribution is 5.21. The van der Waals surface area contributed by atoms with E-state index in [4.69, 9.17) is 6.42 Å². The first-order valence-electron chi connectivity index (χ1n) is 6.42. The van der Waals surface area contributed by atoms with E-state index in [-0.39, 0.29) is 0 Å². The number of aryl methyl sites for hydroxylation is 2. The lowest BCUT2D eigenvalue weighted by molar-refractivity contribution is 0.498. The number of nitrogens with one attached hydrogen (secondary N) is 1. The van der Waals surface area contributed by atoms with Crippen LogP contribution in [0, 0.1) is 12.3 Å². The molecule has 1 aromatic heterocycles. The highest BCUT2D eigenvalue weighted by atomic mass is 15.3. The maximum atomic E-state index is 5.30. The minimum Gasteiger partial charge on any atom is -0.310 e. The normalized spacial score (nSPS) is 12.4. The van der Waals surface area contributed by atoms with Crippen molar-refractivity contribution in [3.63, 3.8) is 0 Å². The Morgan fingerprint density at radius 3 is 2.88 bits per heavy atom. The third kappa shape index (κ3) is 3.90. The molecular formula is C14H23N3. The summed E-state index contributed by atoms with van der Waals surface area (Å²) in [6.07, 6.45) is 11.4. The van der Waals surface area contributed by atoms with Gasteiger partial charge in [0.1, 0.15) is 0 Å². The molecule has 17 heavy (non-hydrogen) atoms. The minimum absolute atomic E-state index is 0.386. The summed E-state index contributed by atoms with van der Waals surface area (Å²) in [6, 6.07) is 0.386. The fraction of sp³-hybridized carbons (Fsp3) is 0.643. The Balaban J connectivity index is 2.77. The molecule has 0 fully saturated rings. The summed E-state index contributed by atoms with van der Waals surface area (Å²) in [4.78, 5) is 0. The zero-order chi connectivity index (χ0) is 12.7. The Kier molecular flexibility index (Phi) is 5.79. The van der Waals surface area contributed by atoms with Crippen LogP contribution in [0.15, 0.2) is 6.20 Å². The van der Waals surface area contributed by atoms with Crippen LogP contribution in [0.25, 0.3) is 0 Å². The molecule has 1 heterocycles. The summed E-state index contributed by atoms with van der Waals surface area (Å²) in [5, 5.41) is 8.02. The van der Waals surface area contributed by atoms with Crippen LogP contribution in [-0.4, -0.2) is 16.3 Å². The van der Waals surface area contributed by atoms with Gasteiger partial charge in [-0.1, -0.05) is 13.8 Å². The van der Waals surface area contributed by atoms with Crippen LogP contribution in [0.3, 0.4) is 0 Å². The second kappa shape index (κ2) is 7.13. The quantitative estimate of drug-likeness (QED) is 0.579. The highest BCUT2D eigenvalue weighted by Gasteiger charge is 2.16. The van der Waals surface area contributed by atoms with Gasteiger partial charge in [-0.2, -0.15) is 5.10 Å². The fourth-order valence-corrected chi connectivity index (χ4v) is 2.14. The molecule has 94 valence electrons. The summed E-state index contributed by atoms with van der Waals surface area (Å²) in [5.41, 5.74) is 2.52. The predicted octanol–water partition coefficient (Wildman–Crippen LogP) is 2.44. The largest absolute Gasteiger partial charge is 0.310 e. The van der Waals surface area contributed by atoms with Crippen molar-refractivity contribution in [3.05, 3.63) is 17.5 Å². The van der Waals surface area contributed by atoms with Gasteiger partial charge in [-0.25, -0.2) is 0 Å². The zero-order valence-electron chi connectivity index (χ0n) is 11.2. The minimum atomic E-state index is 0.386. The van der Waals surface area contributed by atoms with E-state index < -0.39 is 0 Å². The van der Waals surface area contributed by atoms with Gasteiger partial charge in [0, 0.05) is 31.3 Å². The van der Waals surface area contributed by atoms with Crippen molar-refractivity contribution in [1.82, 2.24) is 15.1 Å². The SMILES string of the molecule is C#CCCCC(NCC)c1cn(C)nc1CC. The molecule has 0 saturated carbocycles. The van der Waals surface area contributed by atoms with Gasteiger partial charge in [0.2, 0.25) is 0 Å². The monoisotopic (exact) mass is 233 g/mol. The van der Waals surface area contributed by atoms with E-state index in [1.807, 2.05) is 11.7 Å². The lowest BCUT2D eigenvalue weighted by Crippen LogP contribution is -2.21. The van der Waals surface area contributed by atoms with E-state index >= 15 is 0 Å². The van der Waals surface area contributed by atoms with Gasteiger partial charge in [-0.05, 0) is 25.8 Å². The van der Waals surface area contributed by atoms with Crippen LogP contribution >= 0.6 is 0 Å². The molecular weight excluding hydrogens is 210 g/mol. The molecule has 1 rings (SSSR count). The standard InChI is InChI=1S/C14H23N3/c1-5-8-9-10-14(15-7-3)12-11-17(4)16-13(12)6-2/h1,11,14-15H,6-10H2,2-4H3. The lowest BCUT2D eigenvalue weighted by atomic mass is 10.0. The number of aromatic nitrogens is 2. The van der Waals surface area contributed by atoms with Crippen molar-refractivity contribution in [2.45, 2.75) is 45.6 Å². The maximum Gasteiger partial charge on any atom is 0.0669 e. The van der Waals surface area contributed by atoms with Crippen LogP contribution < -0.4 is 5.32 Å². The Morgan fingerprint density at radius 1 is 1.53 bits per heavy atom. The lowest BCUT2D eigenvalue weighted by Gasteiger charge is -2.17. The van der Waals surface area contributed by atoms with Crippen molar-refractivity contribution in [1.29, 1.82) is 0 Å². The van der Waals surface area contributed by atoms with Crippen LogP contribution in [0.2, 0.25) is 0 Å². The Hall–Kier alpha value is -1.27. The number of unbranched alkanes of at least 4 members (excludes halogenated alkanes) is 1. The highest BCUT2D eigenvalue weighted by Crippen LogP contribution is 2.22. The third-order valence-corrected chi connectivity index (χ3v) is 2.91. The van der Waals surface area contributed by atoms with Crippen molar-refractivity contribution in [2.24, 2.45) is 7.05 Å². The van der Waals surface area contributed by atoms with E-state index in [1.54, 1.807) is 0 Å².